The van der Waals surface area contributed by atoms with E-state index in [-0.39, 0.29) is 19.3 Å². The van der Waals surface area contributed by atoms with Gasteiger partial charge in [0.15, 0.2) is 18.1 Å². The topological polar surface area (TPSA) is 82.6 Å². The van der Waals surface area contributed by atoms with Gasteiger partial charge in [-0.2, -0.15) is 0 Å². The van der Waals surface area contributed by atoms with E-state index in [1.165, 1.54) is 23.2 Å². The summed E-state index contributed by atoms with van der Waals surface area (Å²) in [5.41, 5.74) is 3.83. The van der Waals surface area contributed by atoms with Crippen molar-refractivity contribution in [1.82, 2.24) is 9.97 Å². The van der Waals surface area contributed by atoms with Crippen molar-refractivity contribution in [3.8, 4) is 28.5 Å². The average Bonchev–Trinajstić information content (AvgIpc) is 3.40. The van der Waals surface area contributed by atoms with Gasteiger partial charge >= 0.3 is 0 Å². The van der Waals surface area contributed by atoms with Crippen molar-refractivity contribution >= 4 is 33.1 Å². The smallest absolute Gasteiger partial charge is 0.262 e. The molecule has 0 spiro atoms. The standard InChI is InChI=1S/C22H17N3O4S/c1-13-2-4-14(5-3-13)16-10-30-22-20(16)21(23-11-24-22)27-9-19(26)25-15-6-7-17-18(8-15)29-12-28-17/h2-8,10-11H,9,12H2,1H3,(H,25,26). The lowest BCUT2D eigenvalue weighted by Gasteiger charge is -2.09. The van der Waals surface area contributed by atoms with E-state index < -0.39 is 0 Å². The van der Waals surface area contributed by atoms with E-state index in [0.29, 0.717) is 23.1 Å². The summed E-state index contributed by atoms with van der Waals surface area (Å²) in [5, 5.41) is 5.63. The number of hydrogen-bond donors (Lipinski definition) is 1. The molecule has 0 saturated heterocycles. The first-order chi connectivity index (χ1) is 14.7. The van der Waals surface area contributed by atoms with Crippen molar-refractivity contribution in [3.05, 3.63) is 59.7 Å². The number of benzene rings is 2. The number of rotatable bonds is 5. The van der Waals surface area contributed by atoms with Crippen LogP contribution in [-0.2, 0) is 4.79 Å². The van der Waals surface area contributed by atoms with Crippen LogP contribution in [0.2, 0.25) is 0 Å². The summed E-state index contributed by atoms with van der Waals surface area (Å²) in [6.45, 7) is 2.05. The summed E-state index contributed by atoms with van der Waals surface area (Å²) >= 11 is 1.52. The first kappa shape index (κ1) is 18.4. The number of carbonyl (C=O) groups is 1. The van der Waals surface area contributed by atoms with Gasteiger partial charge in [0.05, 0.1) is 5.39 Å². The second-order valence-electron chi connectivity index (χ2n) is 6.78. The van der Waals surface area contributed by atoms with Crippen molar-refractivity contribution < 1.29 is 19.0 Å². The molecule has 3 heterocycles. The molecule has 2 aromatic carbocycles. The Labute approximate surface area is 176 Å². The van der Waals surface area contributed by atoms with E-state index in [1.807, 2.05) is 12.3 Å². The molecule has 1 aliphatic heterocycles. The predicted molar refractivity (Wildman–Crippen MR) is 114 cm³/mol. The molecule has 1 N–H and O–H groups in total. The summed E-state index contributed by atoms with van der Waals surface area (Å²) in [7, 11) is 0. The van der Waals surface area contributed by atoms with E-state index in [2.05, 4.69) is 39.6 Å². The SMILES string of the molecule is Cc1ccc(-c2csc3ncnc(OCC(=O)Nc4ccc5c(c4)OCO5)c23)cc1. The van der Waals surface area contributed by atoms with Crippen LogP contribution >= 0.6 is 11.3 Å². The minimum Gasteiger partial charge on any atom is -0.467 e. The Bertz CT molecular complexity index is 1240. The molecule has 0 unspecified atom stereocenters. The van der Waals surface area contributed by atoms with Crippen LogP contribution < -0.4 is 19.5 Å². The molecule has 150 valence electrons. The highest BCUT2D eigenvalue weighted by atomic mass is 32.1. The summed E-state index contributed by atoms with van der Waals surface area (Å²) in [5.74, 6) is 1.35. The Morgan fingerprint density at radius 3 is 2.83 bits per heavy atom. The minimum absolute atomic E-state index is 0.177. The van der Waals surface area contributed by atoms with Crippen LogP contribution in [0, 0.1) is 6.92 Å². The van der Waals surface area contributed by atoms with Crippen molar-refractivity contribution in [2.75, 3.05) is 18.7 Å². The molecule has 0 saturated carbocycles. The van der Waals surface area contributed by atoms with Gasteiger partial charge in [0.25, 0.3) is 5.91 Å². The van der Waals surface area contributed by atoms with E-state index in [4.69, 9.17) is 14.2 Å². The first-order valence-corrected chi connectivity index (χ1v) is 10.2. The molecule has 1 amide bonds. The monoisotopic (exact) mass is 419 g/mol. The largest absolute Gasteiger partial charge is 0.467 e. The lowest BCUT2D eigenvalue weighted by atomic mass is 10.0. The minimum atomic E-state index is -0.298. The number of anilines is 1. The fourth-order valence-electron chi connectivity index (χ4n) is 3.21. The van der Waals surface area contributed by atoms with E-state index >= 15 is 0 Å². The number of aryl methyl sites for hydroxylation is 1. The third-order valence-corrected chi connectivity index (χ3v) is 5.58. The van der Waals surface area contributed by atoms with Crippen LogP contribution in [0.25, 0.3) is 21.3 Å². The van der Waals surface area contributed by atoms with Gasteiger partial charge in [0, 0.05) is 22.7 Å². The van der Waals surface area contributed by atoms with Gasteiger partial charge in [-0.3, -0.25) is 4.79 Å². The fraction of sp³-hybridized carbons (Fsp3) is 0.136. The maximum Gasteiger partial charge on any atom is 0.262 e. The Balaban J connectivity index is 1.34. The lowest BCUT2D eigenvalue weighted by molar-refractivity contribution is -0.118. The van der Waals surface area contributed by atoms with Crippen molar-refractivity contribution in [2.45, 2.75) is 6.92 Å². The summed E-state index contributed by atoms with van der Waals surface area (Å²) in [4.78, 5) is 21.8. The van der Waals surface area contributed by atoms with Crippen LogP contribution in [0.3, 0.4) is 0 Å². The van der Waals surface area contributed by atoms with Crippen LogP contribution in [0.5, 0.6) is 17.4 Å². The normalized spacial score (nSPS) is 12.2. The highest BCUT2D eigenvalue weighted by Gasteiger charge is 2.17. The van der Waals surface area contributed by atoms with Gasteiger partial charge in [0.2, 0.25) is 12.7 Å². The van der Waals surface area contributed by atoms with Gasteiger partial charge in [-0.15, -0.1) is 11.3 Å². The Hall–Kier alpha value is -3.65. The molecular weight excluding hydrogens is 402 g/mol. The molecule has 8 heteroatoms. The molecule has 7 nitrogen and oxygen atoms in total. The maximum absolute atomic E-state index is 12.4. The number of carbonyl (C=O) groups excluding carboxylic acids is 1. The third-order valence-electron chi connectivity index (χ3n) is 4.69. The molecule has 0 atom stereocenters. The molecule has 0 aliphatic carbocycles. The van der Waals surface area contributed by atoms with Crippen LogP contribution in [0.15, 0.2) is 54.2 Å². The third kappa shape index (κ3) is 3.53. The highest BCUT2D eigenvalue weighted by Crippen LogP contribution is 2.37. The maximum atomic E-state index is 12.4. The van der Waals surface area contributed by atoms with Crippen LogP contribution in [0.4, 0.5) is 5.69 Å². The molecule has 30 heavy (non-hydrogen) atoms. The fourth-order valence-corrected chi connectivity index (χ4v) is 4.11. The molecule has 2 aromatic heterocycles. The number of amides is 1. The van der Waals surface area contributed by atoms with Gasteiger partial charge in [-0.05, 0) is 24.6 Å². The van der Waals surface area contributed by atoms with Crippen molar-refractivity contribution in [1.29, 1.82) is 0 Å². The molecule has 0 fully saturated rings. The quantitative estimate of drug-likeness (QED) is 0.516. The Morgan fingerprint density at radius 2 is 1.97 bits per heavy atom. The number of hydrogen-bond acceptors (Lipinski definition) is 7. The van der Waals surface area contributed by atoms with Gasteiger partial charge in [0.1, 0.15) is 11.2 Å². The predicted octanol–water partition coefficient (Wildman–Crippen LogP) is 4.41. The number of ether oxygens (including phenoxy) is 3. The summed E-state index contributed by atoms with van der Waals surface area (Å²) < 4.78 is 16.4. The average molecular weight is 419 g/mol. The zero-order valence-corrected chi connectivity index (χ0v) is 16.9. The van der Waals surface area contributed by atoms with Crippen molar-refractivity contribution in [3.63, 3.8) is 0 Å². The number of nitrogens with one attached hydrogen (secondary N) is 1. The molecule has 0 radical (unpaired) electrons. The number of thiophene rings is 1. The Kier molecular flexibility index (Phi) is 4.68. The number of nitrogens with zero attached hydrogens (tertiary/aromatic N) is 2. The van der Waals surface area contributed by atoms with Crippen LogP contribution in [-0.4, -0.2) is 29.3 Å². The van der Waals surface area contributed by atoms with E-state index in [0.717, 1.165) is 21.3 Å². The highest BCUT2D eigenvalue weighted by molar-refractivity contribution is 7.17. The second-order valence-corrected chi connectivity index (χ2v) is 7.64. The lowest BCUT2D eigenvalue weighted by Crippen LogP contribution is -2.20. The van der Waals surface area contributed by atoms with Crippen LogP contribution in [0.1, 0.15) is 5.56 Å². The molecule has 0 bridgehead atoms. The summed E-state index contributed by atoms with van der Waals surface area (Å²) in [6, 6.07) is 13.5. The summed E-state index contributed by atoms with van der Waals surface area (Å²) in [6.07, 6.45) is 1.45. The molecule has 5 rings (SSSR count). The van der Waals surface area contributed by atoms with E-state index in [9.17, 15) is 4.79 Å². The zero-order chi connectivity index (χ0) is 20.5. The first-order valence-electron chi connectivity index (χ1n) is 9.29. The number of aromatic nitrogens is 2. The van der Waals surface area contributed by atoms with Crippen molar-refractivity contribution in [2.24, 2.45) is 0 Å². The Morgan fingerprint density at radius 1 is 1.13 bits per heavy atom. The zero-order valence-electron chi connectivity index (χ0n) is 16.0. The second kappa shape index (κ2) is 7.64. The molecular formula is C22H17N3O4S. The van der Waals surface area contributed by atoms with E-state index in [1.54, 1.807) is 18.2 Å². The van der Waals surface area contributed by atoms with Gasteiger partial charge < -0.3 is 19.5 Å². The number of fused-ring (bicyclic) bond motifs is 2. The molecule has 1 aliphatic rings. The van der Waals surface area contributed by atoms with Gasteiger partial charge in [-0.25, -0.2) is 9.97 Å². The molecule has 4 aromatic rings. The van der Waals surface area contributed by atoms with Gasteiger partial charge in [-0.1, -0.05) is 29.8 Å².